The van der Waals surface area contributed by atoms with Crippen molar-refractivity contribution in [3.05, 3.63) is 12.2 Å². The molecule has 0 aromatic rings. The smallest absolute Gasteiger partial charge is 0.302 e. The molecule has 0 spiro atoms. The van der Waals surface area contributed by atoms with Crippen molar-refractivity contribution in [2.75, 3.05) is 0 Å². The number of hydrogen-bond acceptors (Lipinski definition) is 4. The van der Waals surface area contributed by atoms with E-state index in [0.29, 0.717) is 11.8 Å². The van der Waals surface area contributed by atoms with Crippen LogP contribution in [0.1, 0.15) is 65.7 Å². The molecule has 3 saturated carbocycles. The van der Waals surface area contributed by atoms with Crippen LogP contribution in [-0.4, -0.2) is 28.6 Å². The van der Waals surface area contributed by atoms with Crippen LogP contribution in [0, 0.1) is 28.6 Å². The number of rotatable bonds is 1. The number of esters is 1. The highest BCUT2D eigenvalue weighted by Gasteiger charge is 2.65. The van der Waals surface area contributed by atoms with Crippen LogP contribution in [0.2, 0.25) is 0 Å². The maximum Gasteiger partial charge on any atom is 0.302 e. The number of fused-ring (bicyclic) bond motifs is 5. The lowest BCUT2D eigenvalue weighted by Crippen LogP contribution is -2.62. The number of ketones is 1. The second kappa shape index (κ2) is 5.42. The number of hydrogen-bond donors (Lipinski definition) is 1. The summed E-state index contributed by atoms with van der Waals surface area (Å²) < 4.78 is 5.50. The Labute approximate surface area is 150 Å². The van der Waals surface area contributed by atoms with Gasteiger partial charge in [-0.3, -0.25) is 9.59 Å². The third-order valence-electron chi connectivity index (χ3n) is 8.41. The molecule has 138 valence electrons. The first kappa shape index (κ1) is 17.3. The van der Waals surface area contributed by atoms with Crippen molar-refractivity contribution in [3.8, 4) is 0 Å². The molecule has 0 bridgehead atoms. The van der Waals surface area contributed by atoms with E-state index in [-0.39, 0.29) is 29.2 Å². The summed E-state index contributed by atoms with van der Waals surface area (Å²) in [6.45, 7) is 5.83. The fraction of sp³-hybridized carbons (Fsp3) is 0.810. The van der Waals surface area contributed by atoms with Crippen molar-refractivity contribution >= 4 is 11.8 Å². The molecule has 4 nitrogen and oxygen atoms in total. The molecular weight excluding hydrogens is 316 g/mol. The molecule has 0 saturated heterocycles. The molecule has 0 radical (unpaired) electrons. The van der Waals surface area contributed by atoms with Gasteiger partial charge in [0, 0.05) is 6.92 Å². The zero-order valence-electron chi connectivity index (χ0n) is 15.6. The van der Waals surface area contributed by atoms with Crippen molar-refractivity contribution in [1.29, 1.82) is 0 Å². The lowest BCUT2D eigenvalue weighted by Gasteiger charge is -2.62. The summed E-state index contributed by atoms with van der Waals surface area (Å²) in [5.41, 5.74) is -1.43. The highest BCUT2D eigenvalue weighted by atomic mass is 16.5. The fourth-order valence-corrected chi connectivity index (χ4v) is 6.83. The molecule has 25 heavy (non-hydrogen) atoms. The van der Waals surface area contributed by atoms with Crippen molar-refractivity contribution < 1.29 is 19.4 Å². The predicted molar refractivity (Wildman–Crippen MR) is 93.7 cm³/mol. The van der Waals surface area contributed by atoms with Crippen LogP contribution in [0.5, 0.6) is 0 Å². The minimum atomic E-state index is -0.978. The molecule has 0 heterocycles. The number of aliphatic hydroxyl groups is 1. The Morgan fingerprint density at radius 3 is 2.64 bits per heavy atom. The van der Waals surface area contributed by atoms with Gasteiger partial charge >= 0.3 is 5.97 Å². The minimum absolute atomic E-state index is 0.0528. The largest absolute Gasteiger partial charge is 0.463 e. The van der Waals surface area contributed by atoms with Crippen LogP contribution in [0.15, 0.2) is 12.2 Å². The first-order valence-corrected chi connectivity index (χ1v) is 9.84. The van der Waals surface area contributed by atoms with Crippen LogP contribution >= 0.6 is 0 Å². The molecule has 4 aliphatic carbocycles. The Morgan fingerprint density at radius 1 is 1.16 bits per heavy atom. The van der Waals surface area contributed by atoms with Gasteiger partial charge in [0.2, 0.25) is 0 Å². The molecule has 0 aromatic carbocycles. The SMILES string of the molecule is CC(=O)OC1CC[C@@]2(C)C(CC[C@@H]3[C@H]2CC[C@]2(C)C(=O)C=C[C@@]32O)C1. The average molecular weight is 346 g/mol. The molecule has 0 amide bonds. The highest BCUT2D eigenvalue weighted by molar-refractivity contribution is 5.99. The van der Waals surface area contributed by atoms with E-state index in [4.69, 9.17) is 4.74 Å². The van der Waals surface area contributed by atoms with Gasteiger partial charge in [0.15, 0.2) is 5.78 Å². The van der Waals surface area contributed by atoms with Gasteiger partial charge in [-0.15, -0.1) is 0 Å². The molecule has 2 unspecified atom stereocenters. The quantitative estimate of drug-likeness (QED) is 0.739. The first-order chi connectivity index (χ1) is 11.7. The number of carbonyl (C=O) groups is 2. The predicted octanol–water partition coefficient (Wildman–Crippen LogP) is 3.42. The van der Waals surface area contributed by atoms with Gasteiger partial charge in [0.25, 0.3) is 0 Å². The Morgan fingerprint density at radius 2 is 1.92 bits per heavy atom. The van der Waals surface area contributed by atoms with Crippen LogP contribution in [-0.2, 0) is 14.3 Å². The summed E-state index contributed by atoms with van der Waals surface area (Å²) in [5, 5.41) is 11.5. The van der Waals surface area contributed by atoms with Crippen LogP contribution < -0.4 is 0 Å². The van der Waals surface area contributed by atoms with E-state index in [9.17, 15) is 14.7 Å². The standard InChI is InChI=1S/C21H30O4/c1-13(22)25-15-6-9-19(2)14(12-15)4-5-17-16(19)7-10-20(3)18(23)8-11-21(17,20)24/h8,11,14-17,24H,4-7,9-10,12H2,1-3H3/t14?,15?,16-,17-,19+,20-,21-/m1/s1. The van der Waals surface area contributed by atoms with E-state index in [0.717, 1.165) is 44.9 Å². The van der Waals surface area contributed by atoms with Gasteiger partial charge in [0.1, 0.15) is 6.10 Å². The summed E-state index contributed by atoms with van der Waals surface area (Å²) in [5.74, 6) is 1.07. The van der Waals surface area contributed by atoms with E-state index in [1.54, 1.807) is 12.2 Å². The Balaban J connectivity index is 1.60. The third-order valence-corrected chi connectivity index (χ3v) is 8.41. The number of allylic oxidation sites excluding steroid dienone is 1. The topological polar surface area (TPSA) is 63.6 Å². The Hall–Kier alpha value is -1.16. The Bertz CT molecular complexity index is 640. The van der Waals surface area contributed by atoms with E-state index >= 15 is 0 Å². The second-order valence-corrected chi connectivity index (χ2v) is 9.39. The molecule has 0 aromatic heterocycles. The summed E-state index contributed by atoms with van der Waals surface area (Å²) in [7, 11) is 0. The van der Waals surface area contributed by atoms with Gasteiger partial charge in [-0.05, 0) is 87.2 Å². The minimum Gasteiger partial charge on any atom is -0.463 e. The molecular formula is C21H30O4. The summed E-state index contributed by atoms with van der Waals surface area (Å²) in [6, 6.07) is 0. The maximum atomic E-state index is 12.4. The van der Waals surface area contributed by atoms with Gasteiger partial charge < -0.3 is 9.84 Å². The summed E-state index contributed by atoms with van der Waals surface area (Å²) in [4.78, 5) is 23.7. The molecule has 3 fully saturated rings. The summed E-state index contributed by atoms with van der Waals surface area (Å²) in [6.07, 6.45) is 10.2. The summed E-state index contributed by atoms with van der Waals surface area (Å²) >= 11 is 0. The van der Waals surface area contributed by atoms with Gasteiger partial charge in [-0.1, -0.05) is 6.92 Å². The van der Waals surface area contributed by atoms with Crippen molar-refractivity contribution in [3.63, 3.8) is 0 Å². The van der Waals surface area contributed by atoms with E-state index in [1.165, 1.54) is 6.92 Å². The highest BCUT2D eigenvalue weighted by Crippen LogP contribution is 2.65. The normalized spacial score (nSPS) is 51.4. The number of ether oxygens (including phenoxy) is 1. The first-order valence-electron chi connectivity index (χ1n) is 9.84. The molecule has 7 atom stereocenters. The van der Waals surface area contributed by atoms with Crippen molar-refractivity contribution in [2.45, 2.75) is 77.4 Å². The van der Waals surface area contributed by atoms with Gasteiger partial charge in [-0.25, -0.2) is 0 Å². The van der Waals surface area contributed by atoms with Crippen molar-refractivity contribution in [1.82, 2.24) is 0 Å². The van der Waals surface area contributed by atoms with Crippen LogP contribution in [0.4, 0.5) is 0 Å². The van der Waals surface area contributed by atoms with Crippen LogP contribution in [0.3, 0.4) is 0 Å². The zero-order valence-corrected chi connectivity index (χ0v) is 15.6. The maximum absolute atomic E-state index is 12.4. The second-order valence-electron chi connectivity index (χ2n) is 9.39. The monoisotopic (exact) mass is 346 g/mol. The molecule has 0 aliphatic heterocycles. The van der Waals surface area contributed by atoms with E-state index in [1.807, 2.05) is 6.92 Å². The molecule has 1 N–H and O–H groups in total. The third kappa shape index (κ3) is 2.22. The van der Waals surface area contributed by atoms with E-state index < -0.39 is 11.0 Å². The lowest BCUT2D eigenvalue weighted by atomic mass is 9.44. The fourth-order valence-electron chi connectivity index (χ4n) is 6.83. The zero-order chi connectivity index (χ0) is 18.0. The van der Waals surface area contributed by atoms with Gasteiger partial charge in [-0.2, -0.15) is 0 Å². The van der Waals surface area contributed by atoms with Gasteiger partial charge in [0.05, 0.1) is 11.0 Å². The molecule has 4 aliphatic rings. The molecule has 4 heteroatoms. The van der Waals surface area contributed by atoms with Crippen molar-refractivity contribution in [2.24, 2.45) is 28.6 Å². The number of carbonyl (C=O) groups excluding carboxylic acids is 2. The lowest BCUT2D eigenvalue weighted by molar-refractivity contribution is -0.191. The average Bonchev–Trinajstić information content (AvgIpc) is 2.79. The molecule has 4 rings (SSSR count). The van der Waals surface area contributed by atoms with E-state index in [2.05, 4.69) is 6.92 Å². The van der Waals surface area contributed by atoms with Crippen LogP contribution in [0.25, 0.3) is 0 Å². The Kier molecular flexibility index (Phi) is 3.74.